The highest BCUT2D eigenvalue weighted by Crippen LogP contribution is 2.50. The number of carbonyl (C=O) groups is 3. The number of hydrogen-bond acceptors (Lipinski definition) is 8. The van der Waals surface area contributed by atoms with Gasteiger partial charge >= 0.3 is 5.97 Å². The lowest BCUT2D eigenvalue weighted by Crippen LogP contribution is -2.37. The van der Waals surface area contributed by atoms with Gasteiger partial charge in [0.2, 0.25) is 5.91 Å². The number of hydrogen-bond donors (Lipinski definition) is 0. The minimum absolute atomic E-state index is 0.204. The zero-order chi connectivity index (χ0) is 23.3. The number of imide groups is 1. The molecule has 9 heteroatoms. The molecule has 3 atom stereocenters. The van der Waals surface area contributed by atoms with Crippen molar-refractivity contribution in [2.75, 3.05) is 16.6 Å². The van der Waals surface area contributed by atoms with Crippen LogP contribution in [0, 0.1) is 19.8 Å². The Labute approximate surface area is 199 Å². The highest BCUT2D eigenvalue weighted by Gasteiger charge is 2.61. The van der Waals surface area contributed by atoms with Gasteiger partial charge in [-0.15, -0.1) is 22.7 Å². The average molecular weight is 483 g/mol. The summed E-state index contributed by atoms with van der Waals surface area (Å²) in [5, 5.41) is 3.92. The van der Waals surface area contributed by atoms with E-state index in [1.165, 1.54) is 22.7 Å². The van der Waals surface area contributed by atoms with Gasteiger partial charge in [-0.3, -0.25) is 14.4 Å². The fraction of sp³-hybridized carbons (Fsp3) is 0.292. The second-order valence-corrected chi connectivity index (χ2v) is 10.1. The van der Waals surface area contributed by atoms with E-state index in [0.717, 1.165) is 20.3 Å². The van der Waals surface area contributed by atoms with E-state index < -0.39 is 29.9 Å². The second-order valence-electron chi connectivity index (χ2n) is 7.87. The minimum atomic E-state index is -0.970. The van der Waals surface area contributed by atoms with Gasteiger partial charge in [-0.05, 0) is 49.9 Å². The number of anilines is 2. The number of ether oxygens (including phenoxy) is 1. The fourth-order valence-electron chi connectivity index (χ4n) is 4.37. The van der Waals surface area contributed by atoms with Gasteiger partial charge in [0.05, 0.1) is 17.9 Å². The van der Waals surface area contributed by atoms with Crippen LogP contribution in [-0.4, -0.2) is 30.5 Å². The Morgan fingerprint density at radius 2 is 1.85 bits per heavy atom. The van der Waals surface area contributed by atoms with Gasteiger partial charge in [0, 0.05) is 9.75 Å². The third-order valence-electron chi connectivity index (χ3n) is 6.01. The molecule has 3 unspecified atom stereocenters. The number of para-hydroxylation sites is 1. The zero-order valence-electron chi connectivity index (χ0n) is 18.3. The van der Waals surface area contributed by atoms with Crippen LogP contribution in [0.1, 0.15) is 38.6 Å². The van der Waals surface area contributed by atoms with Crippen molar-refractivity contribution in [2.45, 2.75) is 32.9 Å². The number of aryl methyl sites for hydroxylation is 1. The largest absolute Gasteiger partial charge is 0.462 e. The third-order valence-corrected chi connectivity index (χ3v) is 8.15. The SMILES string of the molecule is CCOC(=O)c1c(N2C(=O)C3ON(c4ccccc4)C(c4cccs4)C3C2=O)sc(C)c1C. The normalized spacial score (nSPS) is 22.2. The van der Waals surface area contributed by atoms with Gasteiger partial charge in [-0.2, -0.15) is 0 Å². The summed E-state index contributed by atoms with van der Waals surface area (Å²) >= 11 is 2.77. The molecule has 0 aliphatic carbocycles. The lowest BCUT2D eigenvalue weighted by atomic mass is 9.95. The molecule has 2 aliphatic heterocycles. The number of rotatable bonds is 5. The predicted molar refractivity (Wildman–Crippen MR) is 127 cm³/mol. The van der Waals surface area contributed by atoms with Crippen LogP contribution in [0.3, 0.4) is 0 Å². The van der Waals surface area contributed by atoms with Crippen LogP contribution in [0.25, 0.3) is 0 Å². The van der Waals surface area contributed by atoms with Gasteiger partial charge in [0.15, 0.2) is 6.10 Å². The molecular formula is C24H22N2O5S2. The lowest BCUT2D eigenvalue weighted by Gasteiger charge is -2.27. The van der Waals surface area contributed by atoms with Gasteiger partial charge in [-0.25, -0.2) is 14.8 Å². The Kier molecular flexibility index (Phi) is 5.55. The van der Waals surface area contributed by atoms with Gasteiger partial charge in [0.1, 0.15) is 17.0 Å². The average Bonchev–Trinajstić information content (AvgIpc) is 3.56. The molecule has 2 amide bonds. The summed E-state index contributed by atoms with van der Waals surface area (Å²) in [5.41, 5.74) is 1.76. The first-order valence-electron chi connectivity index (χ1n) is 10.6. The summed E-state index contributed by atoms with van der Waals surface area (Å²) in [7, 11) is 0. The number of fused-ring (bicyclic) bond motifs is 1. The Morgan fingerprint density at radius 1 is 1.09 bits per heavy atom. The molecule has 2 aromatic heterocycles. The van der Waals surface area contributed by atoms with E-state index in [9.17, 15) is 14.4 Å². The summed E-state index contributed by atoms with van der Waals surface area (Å²) in [4.78, 5) is 49.1. The van der Waals surface area contributed by atoms with Crippen molar-refractivity contribution >= 4 is 51.1 Å². The van der Waals surface area contributed by atoms with Crippen LogP contribution in [0.15, 0.2) is 47.8 Å². The van der Waals surface area contributed by atoms with E-state index in [1.807, 2.05) is 54.8 Å². The van der Waals surface area contributed by atoms with Crippen molar-refractivity contribution in [3.8, 4) is 0 Å². The van der Waals surface area contributed by atoms with Gasteiger partial charge in [-0.1, -0.05) is 24.3 Å². The quantitative estimate of drug-likeness (QED) is 0.389. The standard InChI is InChI=1S/C24H22N2O5S2/c1-4-30-24(29)17-13(2)14(3)33-23(17)25-21(27)18-19(16-11-8-12-32-16)26(31-20(18)22(25)28)15-9-6-5-7-10-15/h5-12,18-20H,4H2,1-3H3. The maximum absolute atomic E-state index is 13.8. The van der Waals surface area contributed by atoms with Crippen LogP contribution < -0.4 is 9.96 Å². The molecule has 0 spiro atoms. The minimum Gasteiger partial charge on any atom is -0.462 e. The first-order valence-corrected chi connectivity index (χ1v) is 12.3. The third kappa shape index (κ3) is 3.38. The van der Waals surface area contributed by atoms with E-state index in [-0.39, 0.29) is 18.1 Å². The summed E-state index contributed by atoms with van der Waals surface area (Å²) in [6.45, 7) is 5.59. The van der Waals surface area contributed by atoms with Crippen molar-refractivity contribution in [3.63, 3.8) is 0 Å². The Bertz CT molecular complexity index is 1220. The number of hydroxylamine groups is 1. The van der Waals surface area contributed by atoms with E-state index >= 15 is 0 Å². The maximum atomic E-state index is 13.8. The monoisotopic (exact) mass is 482 g/mol. The number of nitrogens with zero attached hydrogens (tertiary/aromatic N) is 2. The van der Waals surface area contributed by atoms with E-state index in [1.54, 1.807) is 18.9 Å². The van der Waals surface area contributed by atoms with Gasteiger partial charge < -0.3 is 4.74 Å². The molecule has 5 rings (SSSR count). The van der Waals surface area contributed by atoms with Crippen molar-refractivity contribution < 1.29 is 24.0 Å². The zero-order valence-corrected chi connectivity index (χ0v) is 19.9. The molecule has 0 bridgehead atoms. The molecule has 0 radical (unpaired) electrons. The maximum Gasteiger partial charge on any atom is 0.341 e. The number of amides is 2. The van der Waals surface area contributed by atoms with Crippen molar-refractivity contribution in [1.82, 2.24) is 0 Å². The molecule has 2 saturated heterocycles. The highest BCUT2D eigenvalue weighted by molar-refractivity contribution is 7.17. The van der Waals surface area contributed by atoms with Crippen LogP contribution in [0.5, 0.6) is 0 Å². The van der Waals surface area contributed by atoms with E-state index in [4.69, 9.17) is 9.57 Å². The lowest BCUT2D eigenvalue weighted by molar-refractivity contribution is -0.126. The van der Waals surface area contributed by atoms with Crippen LogP contribution >= 0.6 is 22.7 Å². The van der Waals surface area contributed by atoms with Gasteiger partial charge in [0.25, 0.3) is 5.91 Å². The van der Waals surface area contributed by atoms with E-state index in [2.05, 4.69) is 0 Å². The summed E-state index contributed by atoms with van der Waals surface area (Å²) in [6.07, 6.45) is -0.970. The number of carbonyl (C=O) groups excluding carboxylic acids is 3. The molecule has 170 valence electrons. The van der Waals surface area contributed by atoms with Crippen molar-refractivity contribution in [3.05, 3.63) is 68.7 Å². The molecule has 2 fully saturated rings. The molecule has 3 aromatic rings. The number of esters is 1. The molecular weight excluding hydrogens is 460 g/mol. The molecule has 0 saturated carbocycles. The summed E-state index contributed by atoms with van der Waals surface area (Å²) in [6, 6.07) is 12.9. The predicted octanol–water partition coefficient (Wildman–Crippen LogP) is 4.65. The molecule has 33 heavy (non-hydrogen) atoms. The van der Waals surface area contributed by atoms with Crippen LogP contribution in [0.4, 0.5) is 10.7 Å². The van der Waals surface area contributed by atoms with Crippen molar-refractivity contribution in [1.29, 1.82) is 0 Å². The molecule has 2 aliphatic rings. The molecule has 0 N–H and O–H groups in total. The summed E-state index contributed by atoms with van der Waals surface area (Å²) in [5.74, 6) is -2.09. The van der Waals surface area contributed by atoms with E-state index in [0.29, 0.717) is 10.6 Å². The molecule has 1 aromatic carbocycles. The number of benzene rings is 1. The first-order chi connectivity index (χ1) is 15.9. The van der Waals surface area contributed by atoms with Crippen LogP contribution in [0.2, 0.25) is 0 Å². The Morgan fingerprint density at radius 3 is 2.52 bits per heavy atom. The summed E-state index contributed by atoms with van der Waals surface area (Å²) < 4.78 is 5.22. The topological polar surface area (TPSA) is 76.2 Å². The Hall–Kier alpha value is -3.01. The Balaban J connectivity index is 1.58. The first kappa shape index (κ1) is 21.8. The molecule has 7 nitrogen and oxygen atoms in total. The fourth-order valence-corrected chi connectivity index (χ4v) is 6.38. The van der Waals surface area contributed by atoms with Crippen molar-refractivity contribution in [2.24, 2.45) is 5.92 Å². The molecule has 4 heterocycles. The smallest absolute Gasteiger partial charge is 0.341 e. The second kappa shape index (κ2) is 8.40. The van der Waals surface area contributed by atoms with Crippen LogP contribution in [-0.2, 0) is 19.2 Å². The number of thiophene rings is 2. The highest BCUT2D eigenvalue weighted by atomic mass is 32.1.